The van der Waals surface area contributed by atoms with Gasteiger partial charge >= 0.3 is 11.9 Å². The fourth-order valence-electron chi connectivity index (χ4n) is 4.99. The van der Waals surface area contributed by atoms with E-state index in [-0.39, 0.29) is 37.4 Å². The molecule has 0 bridgehead atoms. The van der Waals surface area contributed by atoms with E-state index in [4.69, 9.17) is 14.2 Å². The van der Waals surface area contributed by atoms with Crippen molar-refractivity contribution in [3.8, 4) is 0 Å². The van der Waals surface area contributed by atoms with Crippen LogP contribution < -0.4 is 0 Å². The Morgan fingerprint density at radius 2 is 1.12 bits per heavy atom. The van der Waals surface area contributed by atoms with Crippen molar-refractivity contribution >= 4 is 11.9 Å². The Hall–Kier alpha value is -1.92. The number of carbonyl (C=O) groups is 2. The standard InChI is InChI=1S/C37H64O6/c1-3-5-7-9-11-13-15-17-18-20-22-24-27-34-35(43-34)28-26-30-37(40)42-32-33(38)31-41-36(39)29-25-23-21-19-16-14-12-10-8-6-4-2/h11,13,17-18,22,24,33-35,38H,3-10,12,14-16,19-21,23,25-32H2,1-2H3/b13-11-,18-17-,24-22-/t33-,34?,35?/m1/s1. The maximum Gasteiger partial charge on any atom is 0.305 e. The molecule has 0 radical (unpaired) electrons. The zero-order valence-electron chi connectivity index (χ0n) is 27.7. The summed E-state index contributed by atoms with van der Waals surface area (Å²) in [4.78, 5) is 23.9. The van der Waals surface area contributed by atoms with E-state index in [1.54, 1.807) is 0 Å². The van der Waals surface area contributed by atoms with Crippen LogP contribution in [0.5, 0.6) is 0 Å². The van der Waals surface area contributed by atoms with E-state index in [0.29, 0.717) is 19.3 Å². The van der Waals surface area contributed by atoms with Crippen molar-refractivity contribution in [1.82, 2.24) is 0 Å². The lowest BCUT2D eigenvalue weighted by atomic mass is 10.1. The van der Waals surface area contributed by atoms with Gasteiger partial charge in [-0.15, -0.1) is 0 Å². The number of aliphatic hydroxyl groups excluding tert-OH is 1. The van der Waals surface area contributed by atoms with E-state index in [9.17, 15) is 14.7 Å². The van der Waals surface area contributed by atoms with Gasteiger partial charge in [-0.3, -0.25) is 9.59 Å². The van der Waals surface area contributed by atoms with Crippen molar-refractivity contribution in [3.05, 3.63) is 36.5 Å². The fourth-order valence-corrected chi connectivity index (χ4v) is 4.99. The second kappa shape index (κ2) is 28.8. The van der Waals surface area contributed by atoms with Gasteiger partial charge in [0.05, 0.1) is 12.2 Å². The minimum Gasteiger partial charge on any atom is -0.463 e. The first kappa shape index (κ1) is 39.1. The molecule has 0 aromatic carbocycles. The van der Waals surface area contributed by atoms with E-state index in [2.05, 4.69) is 50.3 Å². The molecule has 1 aliphatic heterocycles. The van der Waals surface area contributed by atoms with Gasteiger partial charge in [0.25, 0.3) is 0 Å². The highest BCUT2D eigenvalue weighted by atomic mass is 16.6. The first-order chi connectivity index (χ1) is 21.1. The predicted octanol–water partition coefficient (Wildman–Crippen LogP) is 9.49. The molecule has 0 amide bonds. The average Bonchev–Trinajstić information content (AvgIpc) is 3.76. The van der Waals surface area contributed by atoms with Crippen LogP contribution in [-0.4, -0.2) is 48.6 Å². The molecule has 0 saturated carbocycles. The number of hydrogen-bond donors (Lipinski definition) is 1. The second-order valence-corrected chi connectivity index (χ2v) is 12.0. The Balaban J connectivity index is 1.90. The van der Waals surface area contributed by atoms with E-state index in [1.807, 2.05) is 0 Å². The van der Waals surface area contributed by atoms with E-state index >= 15 is 0 Å². The van der Waals surface area contributed by atoms with Gasteiger partial charge in [0, 0.05) is 12.8 Å². The number of allylic oxidation sites excluding steroid dienone is 5. The van der Waals surface area contributed by atoms with E-state index in [1.165, 1.54) is 77.0 Å². The van der Waals surface area contributed by atoms with Crippen LogP contribution in [-0.2, 0) is 23.8 Å². The Morgan fingerprint density at radius 3 is 1.72 bits per heavy atom. The predicted molar refractivity (Wildman–Crippen MR) is 177 cm³/mol. The smallest absolute Gasteiger partial charge is 0.305 e. The first-order valence-electron chi connectivity index (χ1n) is 17.7. The van der Waals surface area contributed by atoms with Crippen molar-refractivity contribution in [2.24, 2.45) is 0 Å². The quantitative estimate of drug-likeness (QED) is 0.0380. The fraction of sp³-hybridized carbons (Fsp3) is 0.784. The molecule has 0 aliphatic carbocycles. The van der Waals surface area contributed by atoms with Crippen LogP contribution in [0, 0.1) is 0 Å². The van der Waals surface area contributed by atoms with Crippen LogP contribution in [0.25, 0.3) is 0 Å². The molecule has 0 aromatic heterocycles. The maximum absolute atomic E-state index is 12.0. The van der Waals surface area contributed by atoms with Gasteiger partial charge in [0.2, 0.25) is 0 Å². The second-order valence-electron chi connectivity index (χ2n) is 12.0. The van der Waals surface area contributed by atoms with Crippen molar-refractivity contribution in [1.29, 1.82) is 0 Å². The van der Waals surface area contributed by atoms with Crippen molar-refractivity contribution in [3.63, 3.8) is 0 Å². The first-order valence-corrected chi connectivity index (χ1v) is 17.7. The molecule has 0 spiro atoms. The molecule has 1 saturated heterocycles. The third-order valence-corrected chi connectivity index (χ3v) is 7.80. The maximum atomic E-state index is 12.0. The average molecular weight is 605 g/mol. The van der Waals surface area contributed by atoms with Gasteiger partial charge in [0.1, 0.15) is 19.3 Å². The summed E-state index contributed by atoms with van der Waals surface area (Å²) >= 11 is 0. The number of unbranched alkanes of at least 4 members (excludes halogenated alkanes) is 13. The normalized spacial score (nSPS) is 17.3. The molecule has 248 valence electrons. The number of ether oxygens (including phenoxy) is 3. The lowest BCUT2D eigenvalue weighted by Crippen LogP contribution is -2.25. The van der Waals surface area contributed by atoms with Gasteiger partial charge in [-0.25, -0.2) is 0 Å². The largest absolute Gasteiger partial charge is 0.463 e. The Morgan fingerprint density at radius 1 is 0.628 bits per heavy atom. The lowest BCUT2D eigenvalue weighted by molar-refractivity contribution is -0.152. The molecule has 1 aliphatic rings. The van der Waals surface area contributed by atoms with Gasteiger partial charge in [-0.2, -0.15) is 0 Å². The highest BCUT2D eigenvalue weighted by molar-refractivity contribution is 5.69. The van der Waals surface area contributed by atoms with Crippen LogP contribution in [0.4, 0.5) is 0 Å². The molecule has 1 fully saturated rings. The summed E-state index contributed by atoms with van der Waals surface area (Å²) in [6.45, 7) is 4.18. The number of hydrogen-bond acceptors (Lipinski definition) is 6. The van der Waals surface area contributed by atoms with Crippen LogP contribution in [0.2, 0.25) is 0 Å². The third kappa shape index (κ3) is 26.2. The van der Waals surface area contributed by atoms with E-state index in [0.717, 1.165) is 44.9 Å². The Labute approximate surface area is 263 Å². The zero-order chi connectivity index (χ0) is 31.2. The van der Waals surface area contributed by atoms with Crippen LogP contribution in [0.3, 0.4) is 0 Å². The summed E-state index contributed by atoms with van der Waals surface area (Å²) in [6, 6.07) is 0. The Kier molecular flexibility index (Phi) is 26.2. The summed E-state index contributed by atoms with van der Waals surface area (Å²) in [5, 5.41) is 9.99. The molecule has 1 rings (SSSR count). The van der Waals surface area contributed by atoms with E-state index < -0.39 is 6.10 Å². The lowest BCUT2D eigenvalue weighted by Gasteiger charge is -2.12. The number of epoxide rings is 1. The monoisotopic (exact) mass is 604 g/mol. The molecular weight excluding hydrogens is 540 g/mol. The van der Waals surface area contributed by atoms with Gasteiger partial charge < -0.3 is 19.3 Å². The summed E-state index contributed by atoms with van der Waals surface area (Å²) < 4.78 is 16.0. The summed E-state index contributed by atoms with van der Waals surface area (Å²) in [5.41, 5.74) is 0. The SMILES string of the molecule is CCCCC/C=C\C/C=C\C/C=C\CC1OC1CCCC(=O)OC[C@H](O)COC(=O)CCCCCCCCCCCCC. The zero-order valence-corrected chi connectivity index (χ0v) is 27.7. The molecular formula is C37H64O6. The molecule has 0 aromatic rings. The highest BCUT2D eigenvalue weighted by Crippen LogP contribution is 2.30. The Bertz CT molecular complexity index is 758. The number of esters is 2. The van der Waals surface area contributed by atoms with Crippen LogP contribution in [0.15, 0.2) is 36.5 Å². The molecule has 1 heterocycles. The summed E-state index contributed by atoms with van der Waals surface area (Å²) in [5.74, 6) is -0.640. The van der Waals surface area contributed by atoms with Crippen molar-refractivity contribution in [2.75, 3.05) is 13.2 Å². The highest BCUT2D eigenvalue weighted by Gasteiger charge is 2.36. The van der Waals surface area contributed by atoms with Gasteiger partial charge in [-0.1, -0.05) is 127 Å². The molecule has 43 heavy (non-hydrogen) atoms. The molecule has 6 nitrogen and oxygen atoms in total. The third-order valence-electron chi connectivity index (χ3n) is 7.80. The minimum absolute atomic E-state index is 0.138. The van der Waals surface area contributed by atoms with Crippen molar-refractivity contribution in [2.45, 2.75) is 173 Å². The molecule has 6 heteroatoms. The molecule has 3 atom stereocenters. The summed E-state index contributed by atoms with van der Waals surface area (Å²) in [6.07, 6.45) is 36.4. The topological polar surface area (TPSA) is 85.4 Å². The molecule has 1 N–H and O–H groups in total. The number of rotatable bonds is 30. The minimum atomic E-state index is -0.991. The van der Waals surface area contributed by atoms with Crippen molar-refractivity contribution < 1.29 is 28.9 Å². The van der Waals surface area contributed by atoms with Gasteiger partial charge in [0.15, 0.2) is 0 Å². The van der Waals surface area contributed by atoms with Crippen LogP contribution in [0.1, 0.15) is 155 Å². The van der Waals surface area contributed by atoms with Gasteiger partial charge in [-0.05, 0) is 51.4 Å². The number of carbonyl (C=O) groups excluding carboxylic acids is 2. The molecule has 2 unspecified atom stereocenters. The number of aliphatic hydroxyl groups is 1. The summed E-state index contributed by atoms with van der Waals surface area (Å²) in [7, 11) is 0. The van der Waals surface area contributed by atoms with Crippen LogP contribution >= 0.6 is 0 Å².